The molecule has 0 radical (unpaired) electrons. The molecule has 0 aromatic heterocycles. The van der Waals surface area contributed by atoms with Gasteiger partial charge < -0.3 is 65.1 Å². The fourth-order valence-electron chi connectivity index (χ4n) is 11.0. The number of allylic oxidation sites excluding steroid dienone is 21. The normalized spacial score (nSPS) is 23.5. The molecule has 0 aromatic rings. The molecule has 12 unspecified atom stereocenters. The zero-order valence-corrected chi connectivity index (χ0v) is 57.2. The van der Waals surface area contributed by atoms with Crippen molar-refractivity contribution < 1.29 is 64.6 Å². The van der Waals surface area contributed by atoms with E-state index in [9.17, 15) is 45.6 Å². The summed E-state index contributed by atoms with van der Waals surface area (Å²) in [5.74, 6) is -0.299. The molecule has 1 amide bonds. The molecule has 2 aliphatic rings. The number of carbonyl (C=O) groups is 1. The lowest BCUT2D eigenvalue weighted by atomic mass is 9.97. The van der Waals surface area contributed by atoms with Crippen molar-refractivity contribution in [3.8, 4) is 0 Å². The zero-order chi connectivity index (χ0) is 66.6. The molecule has 0 spiro atoms. The molecule has 2 fully saturated rings. The van der Waals surface area contributed by atoms with Crippen LogP contribution in [0.5, 0.6) is 0 Å². The van der Waals surface area contributed by atoms with Crippen LogP contribution in [-0.4, -0.2) is 140 Å². The quantitative estimate of drug-likeness (QED) is 0.0204. The standard InChI is InChI=1S/C78H131NO13/c1-3-5-7-9-11-13-15-17-19-21-23-25-27-29-31-32-33-34-36-37-39-41-43-45-47-49-51-53-55-57-59-61-67(82)66(65-89-77-75(88)73(86)76(69(64-81)91-77)92-78-74(87)72(85)71(84)68(63-80)90-78)79-70(83)62-60-58-56-54-52-50-48-46-44-42-40-38-35-30-28-26-24-22-20-18-16-14-12-10-8-6-4-2/h6,8,12,14,18,20,24,26,30,35,40,42-43,45-46,48,51-54,59,61,66-69,71-78,80-82,84-88H,3-5,7,9-11,13,15-17,19,21-23,25,27-29,31-34,36-39,41,44,47,49-50,55-58,60,62-65H2,1-2H3,(H,79,83)/b8-6-,14-12-,20-18-,26-24-,35-30-,42-40-,45-43+,48-46-,53-51+,54-52-,61-59+. The van der Waals surface area contributed by atoms with E-state index in [0.717, 1.165) is 89.9 Å². The van der Waals surface area contributed by atoms with Gasteiger partial charge in [0, 0.05) is 6.42 Å². The van der Waals surface area contributed by atoms with E-state index in [1.54, 1.807) is 6.08 Å². The van der Waals surface area contributed by atoms with Crippen LogP contribution in [0.1, 0.15) is 258 Å². The topological polar surface area (TPSA) is 228 Å². The third-order valence-corrected chi connectivity index (χ3v) is 16.8. The van der Waals surface area contributed by atoms with Gasteiger partial charge >= 0.3 is 0 Å². The number of hydrogen-bond acceptors (Lipinski definition) is 13. The summed E-state index contributed by atoms with van der Waals surface area (Å²) < 4.78 is 22.8. The van der Waals surface area contributed by atoms with Gasteiger partial charge in [-0.2, -0.15) is 0 Å². The molecule has 12 atom stereocenters. The highest BCUT2D eigenvalue weighted by Crippen LogP contribution is 2.30. The van der Waals surface area contributed by atoms with Crippen molar-refractivity contribution in [3.63, 3.8) is 0 Å². The Hall–Kier alpha value is -3.87. The van der Waals surface area contributed by atoms with Crippen molar-refractivity contribution in [1.29, 1.82) is 0 Å². The van der Waals surface area contributed by atoms with Gasteiger partial charge in [0.25, 0.3) is 0 Å². The molecular weight excluding hydrogens is 1160 g/mol. The maximum atomic E-state index is 13.3. The van der Waals surface area contributed by atoms with Gasteiger partial charge in [0.2, 0.25) is 5.91 Å². The van der Waals surface area contributed by atoms with E-state index in [1.807, 2.05) is 6.08 Å². The van der Waals surface area contributed by atoms with Gasteiger partial charge in [-0.3, -0.25) is 4.79 Å². The van der Waals surface area contributed by atoms with Crippen LogP contribution < -0.4 is 5.32 Å². The van der Waals surface area contributed by atoms with Gasteiger partial charge in [0.1, 0.15) is 48.8 Å². The van der Waals surface area contributed by atoms with Gasteiger partial charge in [-0.05, 0) is 109 Å². The number of amides is 1. The number of rotatable bonds is 58. The van der Waals surface area contributed by atoms with E-state index < -0.39 is 86.8 Å². The zero-order valence-electron chi connectivity index (χ0n) is 57.2. The molecule has 2 rings (SSSR count). The van der Waals surface area contributed by atoms with Crippen LogP contribution in [0.4, 0.5) is 0 Å². The van der Waals surface area contributed by atoms with Crippen molar-refractivity contribution >= 4 is 5.91 Å². The number of hydrogen-bond donors (Lipinski definition) is 9. The summed E-state index contributed by atoms with van der Waals surface area (Å²) in [6.45, 7) is 2.64. The average Bonchev–Trinajstić information content (AvgIpc) is 0.882. The van der Waals surface area contributed by atoms with Crippen LogP contribution in [0.2, 0.25) is 0 Å². The SMILES string of the molecule is CC/C=C\C/C=C\C/C=C\C/C=C\C/C=C\C/C=C\C/C=C\C/C=C\CCCCC(=O)NC(COC1OC(CO)C(OC2OC(CO)C(O)C(O)C2O)C(O)C1O)C(O)/C=C/CC/C=C/CC/C=C/CCCCCCCCCCCCCCCCCCCCCCC. The molecule has 0 saturated carbocycles. The number of aliphatic hydroxyl groups excluding tert-OH is 8. The predicted octanol–water partition coefficient (Wildman–Crippen LogP) is 15.5. The van der Waals surface area contributed by atoms with Crippen LogP contribution in [0.25, 0.3) is 0 Å². The molecule has 526 valence electrons. The van der Waals surface area contributed by atoms with E-state index in [1.165, 1.54) is 135 Å². The molecule has 92 heavy (non-hydrogen) atoms. The Morgan fingerprint density at radius 3 is 1.20 bits per heavy atom. The van der Waals surface area contributed by atoms with Crippen LogP contribution in [0, 0.1) is 0 Å². The fraction of sp³-hybridized carbons (Fsp3) is 0.705. The van der Waals surface area contributed by atoms with Gasteiger partial charge in [-0.1, -0.05) is 276 Å². The third kappa shape index (κ3) is 44.0. The first-order chi connectivity index (χ1) is 45.1. The van der Waals surface area contributed by atoms with Crippen molar-refractivity contribution in [2.24, 2.45) is 0 Å². The Kier molecular flexibility index (Phi) is 55.6. The number of nitrogens with one attached hydrogen (secondary N) is 1. The predicted molar refractivity (Wildman–Crippen MR) is 378 cm³/mol. The molecule has 9 N–H and O–H groups in total. The minimum Gasteiger partial charge on any atom is -0.394 e. The summed E-state index contributed by atoms with van der Waals surface area (Å²) in [6, 6.07) is -0.974. The highest BCUT2D eigenvalue weighted by molar-refractivity contribution is 5.76. The summed E-state index contributed by atoms with van der Waals surface area (Å²) in [5, 5.41) is 87.4. The molecule has 0 aliphatic carbocycles. The van der Waals surface area contributed by atoms with Crippen molar-refractivity contribution in [3.05, 3.63) is 134 Å². The Labute approximate surface area is 558 Å². The van der Waals surface area contributed by atoms with Gasteiger partial charge in [-0.25, -0.2) is 0 Å². The average molecular weight is 1290 g/mol. The van der Waals surface area contributed by atoms with Crippen molar-refractivity contribution in [1.82, 2.24) is 5.32 Å². The van der Waals surface area contributed by atoms with Gasteiger partial charge in [0.15, 0.2) is 12.6 Å². The first kappa shape index (κ1) is 84.2. The van der Waals surface area contributed by atoms with E-state index in [4.69, 9.17) is 18.9 Å². The minimum absolute atomic E-state index is 0.205. The maximum absolute atomic E-state index is 13.3. The van der Waals surface area contributed by atoms with Crippen molar-refractivity contribution in [2.75, 3.05) is 19.8 Å². The number of carbonyl (C=O) groups excluding carboxylic acids is 1. The molecular formula is C78H131NO13. The second-order valence-corrected chi connectivity index (χ2v) is 25.0. The van der Waals surface area contributed by atoms with Crippen molar-refractivity contribution in [2.45, 2.75) is 331 Å². The maximum Gasteiger partial charge on any atom is 0.220 e. The molecule has 0 bridgehead atoms. The fourth-order valence-corrected chi connectivity index (χ4v) is 11.0. The minimum atomic E-state index is -1.81. The highest BCUT2D eigenvalue weighted by Gasteiger charge is 2.51. The van der Waals surface area contributed by atoms with Gasteiger partial charge in [-0.15, -0.1) is 0 Å². The number of ether oxygens (including phenoxy) is 4. The lowest BCUT2D eigenvalue weighted by Crippen LogP contribution is -2.65. The second-order valence-electron chi connectivity index (χ2n) is 25.0. The first-order valence-corrected chi connectivity index (χ1v) is 36.4. The Morgan fingerprint density at radius 1 is 0.402 bits per heavy atom. The molecule has 2 saturated heterocycles. The number of aliphatic hydroxyl groups is 8. The summed E-state index contributed by atoms with van der Waals surface area (Å²) >= 11 is 0. The molecule has 14 nitrogen and oxygen atoms in total. The molecule has 14 heteroatoms. The van der Waals surface area contributed by atoms with E-state index in [0.29, 0.717) is 12.8 Å². The van der Waals surface area contributed by atoms with E-state index >= 15 is 0 Å². The summed E-state index contributed by atoms with van der Waals surface area (Å²) in [7, 11) is 0. The smallest absolute Gasteiger partial charge is 0.220 e. The monoisotopic (exact) mass is 1290 g/mol. The first-order valence-electron chi connectivity index (χ1n) is 36.4. The lowest BCUT2D eigenvalue weighted by molar-refractivity contribution is -0.359. The number of unbranched alkanes of at least 4 members (excludes halogenated alkanes) is 25. The molecule has 2 aliphatic heterocycles. The van der Waals surface area contributed by atoms with Crippen LogP contribution in [0.3, 0.4) is 0 Å². The Bertz CT molecular complexity index is 2060. The van der Waals surface area contributed by atoms with Crippen LogP contribution in [0.15, 0.2) is 134 Å². The lowest BCUT2D eigenvalue weighted by Gasteiger charge is -2.46. The summed E-state index contributed by atoms with van der Waals surface area (Å²) in [4.78, 5) is 13.3. The van der Waals surface area contributed by atoms with Crippen LogP contribution >= 0.6 is 0 Å². The third-order valence-electron chi connectivity index (χ3n) is 16.8. The second kappa shape index (κ2) is 60.8. The summed E-state index contributed by atoms with van der Waals surface area (Å²) in [6.07, 6.45) is 73.8. The Morgan fingerprint density at radius 2 is 0.761 bits per heavy atom. The Balaban J connectivity index is 1.73. The van der Waals surface area contributed by atoms with Gasteiger partial charge in [0.05, 0.1) is 32.0 Å². The molecule has 0 aromatic carbocycles. The summed E-state index contributed by atoms with van der Waals surface area (Å²) in [5.41, 5.74) is 0. The van der Waals surface area contributed by atoms with E-state index in [-0.39, 0.29) is 18.9 Å². The largest absolute Gasteiger partial charge is 0.394 e. The van der Waals surface area contributed by atoms with Crippen LogP contribution in [-0.2, 0) is 23.7 Å². The highest BCUT2D eigenvalue weighted by atomic mass is 16.7. The van der Waals surface area contributed by atoms with E-state index in [2.05, 4.69) is 141 Å². The molecule has 2 heterocycles.